The number of carbonyl (C=O) groups excluding carboxylic acids is 1. The summed E-state index contributed by atoms with van der Waals surface area (Å²) in [4.78, 5) is 19.1. The van der Waals surface area contributed by atoms with Crippen molar-refractivity contribution < 1.29 is 22.7 Å². The molecular formula is C15H21F3N4O2. The molecule has 9 heteroatoms. The van der Waals surface area contributed by atoms with Crippen LogP contribution in [0.3, 0.4) is 0 Å². The van der Waals surface area contributed by atoms with Gasteiger partial charge in [-0.15, -0.1) is 0 Å². The standard InChI is InChI=1S/C15H21F3N4O2/c1-24-13-9-12(3-4-19-13)10-20-14(23)22-6-2-5-21(7-8-22)11-15(16,17)18/h3-4,9H,2,5-8,10-11H2,1H3,(H,20,23). The van der Waals surface area contributed by atoms with Crippen LogP contribution in [-0.4, -0.2) is 66.8 Å². The number of nitrogens with one attached hydrogen (secondary N) is 1. The molecule has 1 aliphatic heterocycles. The Kier molecular flexibility index (Phi) is 6.24. The number of carbonyl (C=O) groups is 1. The van der Waals surface area contributed by atoms with Gasteiger partial charge in [0.2, 0.25) is 5.88 Å². The van der Waals surface area contributed by atoms with Crippen LogP contribution >= 0.6 is 0 Å². The summed E-state index contributed by atoms with van der Waals surface area (Å²) in [7, 11) is 1.51. The van der Waals surface area contributed by atoms with Gasteiger partial charge < -0.3 is 15.0 Å². The quantitative estimate of drug-likeness (QED) is 0.904. The fourth-order valence-corrected chi connectivity index (χ4v) is 2.55. The third kappa shape index (κ3) is 5.88. The zero-order valence-electron chi connectivity index (χ0n) is 13.5. The van der Waals surface area contributed by atoms with E-state index in [2.05, 4.69) is 10.3 Å². The summed E-state index contributed by atoms with van der Waals surface area (Å²) in [5.74, 6) is 0.458. The number of urea groups is 1. The molecule has 1 N–H and O–H groups in total. The van der Waals surface area contributed by atoms with Gasteiger partial charge in [-0.3, -0.25) is 4.90 Å². The van der Waals surface area contributed by atoms with E-state index >= 15 is 0 Å². The molecule has 6 nitrogen and oxygen atoms in total. The number of amides is 2. The minimum Gasteiger partial charge on any atom is -0.481 e. The summed E-state index contributed by atoms with van der Waals surface area (Å²) in [6, 6.07) is 3.20. The molecule has 1 aromatic heterocycles. The van der Waals surface area contributed by atoms with Gasteiger partial charge in [-0.1, -0.05) is 0 Å². The van der Waals surface area contributed by atoms with Gasteiger partial charge in [0.05, 0.1) is 13.7 Å². The molecule has 0 saturated carbocycles. The van der Waals surface area contributed by atoms with Gasteiger partial charge in [-0.2, -0.15) is 13.2 Å². The monoisotopic (exact) mass is 346 g/mol. The van der Waals surface area contributed by atoms with Gasteiger partial charge >= 0.3 is 12.2 Å². The van der Waals surface area contributed by atoms with Crippen molar-refractivity contribution in [2.45, 2.75) is 19.1 Å². The summed E-state index contributed by atoms with van der Waals surface area (Å²) >= 11 is 0. The maximum absolute atomic E-state index is 12.4. The Morgan fingerprint density at radius 3 is 2.83 bits per heavy atom. The van der Waals surface area contributed by atoms with Crippen molar-refractivity contribution in [3.8, 4) is 5.88 Å². The van der Waals surface area contributed by atoms with Crippen molar-refractivity contribution in [1.82, 2.24) is 20.1 Å². The molecule has 24 heavy (non-hydrogen) atoms. The van der Waals surface area contributed by atoms with Crippen LogP contribution in [0, 0.1) is 0 Å². The van der Waals surface area contributed by atoms with E-state index in [0.29, 0.717) is 31.9 Å². The fourth-order valence-electron chi connectivity index (χ4n) is 2.55. The molecule has 1 saturated heterocycles. The van der Waals surface area contributed by atoms with E-state index in [-0.39, 0.29) is 19.1 Å². The maximum Gasteiger partial charge on any atom is 0.401 e. The molecule has 1 aromatic rings. The number of nitrogens with zero attached hydrogens (tertiary/aromatic N) is 3. The molecule has 0 atom stereocenters. The lowest BCUT2D eigenvalue weighted by Crippen LogP contribution is -2.42. The SMILES string of the molecule is COc1cc(CNC(=O)N2CCCN(CC(F)(F)F)CC2)ccn1. The van der Waals surface area contributed by atoms with Crippen LogP contribution in [-0.2, 0) is 6.54 Å². The van der Waals surface area contributed by atoms with Crippen molar-refractivity contribution in [1.29, 1.82) is 0 Å². The lowest BCUT2D eigenvalue weighted by molar-refractivity contribution is -0.145. The van der Waals surface area contributed by atoms with E-state index in [0.717, 1.165) is 5.56 Å². The Balaban J connectivity index is 1.82. The lowest BCUT2D eigenvalue weighted by atomic mass is 10.2. The summed E-state index contributed by atoms with van der Waals surface area (Å²) in [6.45, 7) is 0.655. The molecule has 1 aliphatic rings. The Morgan fingerprint density at radius 2 is 2.12 bits per heavy atom. The van der Waals surface area contributed by atoms with Gasteiger partial charge in [0.25, 0.3) is 0 Å². The second-order valence-electron chi connectivity index (χ2n) is 5.60. The number of rotatable bonds is 4. The summed E-state index contributed by atoms with van der Waals surface area (Å²) in [6.07, 6.45) is -2.11. The second kappa shape index (κ2) is 8.18. The van der Waals surface area contributed by atoms with E-state index in [4.69, 9.17) is 4.74 Å². The number of pyridine rings is 1. The van der Waals surface area contributed by atoms with E-state index in [9.17, 15) is 18.0 Å². The van der Waals surface area contributed by atoms with Gasteiger partial charge in [0.1, 0.15) is 0 Å². The smallest absolute Gasteiger partial charge is 0.401 e. The minimum atomic E-state index is -4.21. The van der Waals surface area contributed by atoms with E-state index in [1.54, 1.807) is 23.2 Å². The van der Waals surface area contributed by atoms with Crippen LogP contribution in [0.1, 0.15) is 12.0 Å². The highest BCUT2D eigenvalue weighted by Gasteiger charge is 2.31. The summed E-state index contributed by atoms with van der Waals surface area (Å²) in [5, 5.41) is 2.77. The first kappa shape index (κ1) is 18.3. The third-order valence-corrected chi connectivity index (χ3v) is 3.73. The van der Waals surface area contributed by atoms with Crippen LogP contribution < -0.4 is 10.1 Å². The average molecular weight is 346 g/mol. The molecule has 1 fully saturated rings. The molecular weight excluding hydrogens is 325 g/mol. The Labute approximate surface area is 138 Å². The molecule has 134 valence electrons. The first-order chi connectivity index (χ1) is 11.4. The van der Waals surface area contributed by atoms with Gasteiger partial charge in [0, 0.05) is 45.0 Å². The molecule has 0 bridgehead atoms. The highest BCUT2D eigenvalue weighted by Crippen LogP contribution is 2.17. The van der Waals surface area contributed by atoms with Gasteiger partial charge in [0.15, 0.2) is 0 Å². The molecule has 0 spiro atoms. The number of hydrogen-bond donors (Lipinski definition) is 1. The predicted octanol–water partition coefficient (Wildman–Crippen LogP) is 1.87. The van der Waals surface area contributed by atoms with Crippen molar-refractivity contribution in [3.63, 3.8) is 0 Å². The topological polar surface area (TPSA) is 57.7 Å². The zero-order valence-corrected chi connectivity index (χ0v) is 13.5. The van der Waals surface area contributed by atoms with Crippen LogP contribution in [0.5, 0.6) is 5.88 Å². The number of ether oxygens (including phenoxy) is 1. The zero-order chi connectivity index (χ0) is 17.6. The fraction of sp³-hybridized carbons (Fsp3) is 0.600. The summed E-state index contributed by atoms with van der Waals surface area (Å²) in [5.41, 5.74) is 0.837. The molecule has 0 aliphatic carbocycles. The molecule has 2 heterocycles. The molecule has 2 rings (SSSR count). The van der Waals surface area contributed by atoms with Crippen molar-refractivity contribution >= 4 is 6.03 Å². The second-order valence-corrected chi connectivity index (χ2v) is 5.60. The maximum atomic E-state index is 12.4. The highest BCUT2D eigenvalue weighted by molar-refractivity contribution is 5.74. The van der Waals surface area contributed by atoms with Crippen molar-refractivity contribution in [2.75, 3.05) is 39.8 Å². The van der Waals surface area contributed by atoms with E-state index in [1.807, 2.05) is 0 Å². The highest BCUT2D eigenvalue weighted by atomic mass is 19.4. The van der Waals surface area contributed by atoms with Gasteiger partial charge in [-0.25, -0.2) is 9.78 Å². The van der Waals surface area contributed by atoms with E-state index in [1.165, 1.54) is 12.0 Å². The van der Waals surface area contributed by atoms with Crippen molar-refractivity contribution in [3.05, 3.63) is 23.9 Å². The molecule has 0 aromatic carbocycles. The Hall–Kier alpha value is -2.03. The largest absolute Gasteiger partial charge is 0.481 e. The number of hydrogen-bond acceptors (Lipinski definition) is 4. The van der Waals surface area contributed by atoms with Crippen LogP contribution in [0.15, 0.2) is 18.3 Å². The van der Waals surface area contributed by atoms with Gasteiger partial charge in [-0.05, 0) is 18.1 Å². The number of alkyl halides is 3. The summed E-state index contributed by atoms with van der Waals surface area (Å²) < 4.78 is 42.4. The van der Waals surface area contributed by atoms with Crippen molar-refractivity contribution in [2.24, 2.45) is 0 Å². The number of methoxy groups -OCH3 is 1. The number of halogens is 3. The normalized spacial score (nSPS) is 16.6. The van der Waals surface area contributed by atoms with Crippen LogP contribution in [0.2, 0.25) is 0 Å². The van der Waals surface area contributed by atoms with E-state index < -0.39 is 12.7 Å². The molecule has 2 amide bonds. The molecule has 0 unspecified atom stereocenters. The average Bonchev–Trinajstić information content (AvgIpc) is 2.77. The number of aromatic nitrogens is 1. The van der Waals surface area contributed by atoms with Crippen LogP contribution in [0.25, 0.3) is 0 Å². The van der Waals surface area contributed by atoms with Crippen LogP contribution in [0.4, 0.5) is 18.0 Å². The Bertz CT molecular complexity index is 554. The molecule has 0 radical (unpaired) electrons. The lowest BCUT2D eigenvalue weighted by Gasteiger charge is -2.23. The first-order valence-corrected chi connectivity index (χ1v) is 7.68. The predicted molar refractivity (Wildman–Crippen MR) is 81.7 cm³/mol. The first-order valence-electron chi connectivity index (χ1n) is 7.68. The third-order valence-electron chi connectivity index (χ3n) is 3.73. The minimum absolute atomic E-state index is 0.218. The Morgan fingerprint density at radius 1 is 1.33 bits per heavy atom.